The number of aryl methyl sites for hydroxylation is 2. The van der Waals surface area contributed by atoms with Crippen molar-refractivity contribution in [2.75, 3.05) is 12.4 Å². The number of halogens is 1. The summed E-state index contributed by atoms with van der Waals surface area (Å²) in [6.07, 6.45) is 0. The molecule has 0 atom stereocenters. The molecule has 0 aliphatic rings. The zero-order valence-electron chi connectivity index (χ0n) is 14.7. The molecule has 1 amide bonds. The molecule has 0 bridgehead atoms. The predicted octanol–water partition coefficient (Wildman–Crippen LogP) is 4.98. The monoisotopic (exact) mass is 418 g/mol. The third kappa shape index (κ3) is 3.31. The summed E-state index contributed by atoms with van der Waals surface area (Å²) in [5, 5.41) is 11.2. The zero-order valence-corrected chi connectivity index (χ0v) is 17.1. The number of nitrogens with one attached hydrogen (secondary N) is 1. The number of carbonyl (C=O) groups is 1. The molecule has 9 heteroatoms. The number of hydrogen-bond acceptors (Lipinski definition) is 6. The molecule has 0 aliphatic heterocycles. The van der Waals surface area contributed by atoms with Crippen molar-refractivity contribution in [3.8, 4) is 17.0 Å². The van der Waals surface area contributed by atoms with Crippen LogP contribution in [0.4, 0.5) is 5.13 Å². The van der Waals surface area contributed by atoms with Gasteiger partial charge in [-0.2, -0.15) is 5.10 Å². The summed E-state index contributed by atoms with van der Waals surface area (Å²) < 4.78 is 6.96. The fourth-order valence-corrected chi connectivity index (χ4v) is 4.76. The molecular weight excluding hydrogens is 404 g/mol. The van der Waals surface area contributed by atoms with E-state index in [9.17, 15) is 4.79 Å². The highest BCUT2D eigenvalue weighted by Crippen LogP contribution is 2.32. The molecule has 4 rings (SSSR count). The molecule has 3 heterocycles. The van der Waals surface area contributed by atoms with Gasteiger partial charge in [-0.05, 0) is 31.2 Å². The Morgan fingerprint density at radius 3 is 2.85 bits per heavy atom. The number of thiazole rings is 1. The van der Waals surface area contributed by atoms with Gasteiger partial charge in [-0.1, -0.05) is 11.6 Å². The quantitative estimate of drug-likeness (QED) is 0.507. The first-order valence-electron chi connectivity index (χ1n) is 8.00. The lowest BCUT2D eigenvalue weighted by molar-refractivity contribution is 0.103. The van der Waals surface area contributed by atoms with E-state index in [4.69, 9.17) is 16.3 Å². The molecule has 3 aromatic heterocycles. The number of fused-ring (bicyclic) bond motifs is 1. The largest absolute Gasteiger partial charge is 0.495 e. The molecule has 6 nitrogen and oxygen atoms in total. The van der Waals surface area contributed by atoms with Gasteiger partial charge in [0.2, 0.25) is 0 Å². The number of amides is 1. The maximum atomic E-state index is 12.6. The van der Waals surface area contributed by atoms with E-state index in [1.165, 1.54) is 22.7 Å². The summed E-state index contributed by atoms with van der Waals surface area (Å²) in [6.45, 7) is 1.93. The van der Waals surface area contributed by atoms with E-state index in [1.54, 1.807) is 23.9 Å². The van der Waals surface area contributed by atoms with Gasteiger partial charge < -0.3 is 4.74 Å². The van der Waals surface area contributed by atoms with E-state index in [0.717, 1.165) is 27.2 Å². The zero-order chi connectivity index (χ0) is 19.1. The summed E-state index contributed by atoms with van der Waals surface area (Å²) in [7, 11) is 3.45. The first-order valence-corrected chi connectivity index (χ1v) is 10.1. The maximum Gasteiger partial charge on any atom is 0.267 e. The van der Waals surface area contributed by atoms with Gasteiger partial charge in [-0.25, -0.2) is 4.98 Å². The number of thiophene rings is 1. The Kier molecular flexibility index (Phi) is 4.63. The van der Waals surface area contributed by atoms with E-state index < -0.39 is 0 Å². The lowest BCUT2D eigenvalue weighted by Crippen LogP contribution is -2.09. The SMILES string of the molecule is COc1ccc(-c2csc(NC(=O)c3cc4c(C)nn(C)c4s3)n2)cc1Cl. The van der Waals surface area contributed by atoms with E-state index in [2.05, 4.69) is 15.4 Å². The summed E-state index contributed by atoms with van der Waals surface area (Å²) in [5.41, 5.74) is 2.52. The molecule has 1 aromatic carbocycles. The van der Waals surface area contributed by atoms with Crippen LogP contribution < -0.4 is 10.1 Å². The number of ether oxygens (including phenoxy) is 1. The van der Waals surface area contributed by atoms with Crippen LogP contribution in [-0.4, -0.2) is 27.8 Å². The Balaban J connectivity index is 1.55. The Hall–Kier alpha value is -2.42. The van der Waals surface area contributed by atoms with E-state index in [1.807, 2.05) is 31.5 Å². The van der Waals surface area contributed by atoms with Crippen molar-refractivity contribution in [3.63, 3.8) is 0 Å². The van der Waals surface area contributed by atoms with Gasteiger partial charge in [-0.3, -0.25) is 14.8 Å². The topological polar surface area (TPSA) is 69.0 Å². The van der Waals surface area contributed by atoms with Crippen LogP contribution >= 0.6 is 34.3 Å². The molecule has 138 valence electrons. The van der Waals surface area contributed by atoms with Crippen molar-refractivity contribution in [1.29, 1.82) is 0 Å². The highest BCUT2D eigenvalue weighted by molar-refractivity contribution is 7.20. The molecule has 27 heavy (non-hydrogen) atoms. The molecule has 0 saturated heterocycles. The maximum absolute atomic E-state index is 12.6. The third-order valence-electron chi connectivity index (χ3n) is 4.09. The minimum Gasteiger partial charge on any atom is -0.495 e. The lowest BCUT2D eigenvalue weighted by atomic mass is 10.2. The number of methoxy groups -OCH3 is 1. The Morgan fingerprint density at radius 2 is 2.15 bits per heavy atom. The van der Waals surface area contributed by atoms with Crippen molar-refractivity contribution in [1.82, 2.24) is 14.8 Å². The number of carbonyl (C=O) groups excluding carboxylic acids is 1. The van der Waals surface area contributed by atoms with E-state index in [0.29, 0.717) is 20.8 Å². The first kappa shape index (κ1) is 18.0. The number of anilines is 1. The number of aromatic nitrogens is 3. The van der Waals surface area contributed by atoms with Gasteiger partial charge in [0.1, 0.15) is 10.6 Å². The van der Waals surface area contributed by atoms with Gasteiger partial charge in [0.25, 0.3) is 5.91 Å². The summed E-state index contributed by atoms with van der Waals surface area (Å²) in [4.78, 5) is 18.7. The second-order valence-corrected chi connectivity index (χ2v) is 8.18. The van der Waals surface area contributed by atoms with Gasteiger partial charge in [0.05, 0.1) is 28.4 Å². The Morgan fingerprint density at radius 1 is 1.33 bits per heavy atom. The number of rotatable bonds is 4. The molecule has 0 unspecified atom stereocenters. The average molecular weight is 419 g/mol. The molecule has 0 spiro atoms. The highest BCUT2D eigenvalue weighted by atomic mass is 35.5. The van der Waals surface area contributed by atoms with E-state index in [-0.39, 0.29) is 5.91 Å². The fraction of sp³-hybridized carbons (Fsp3) is 0.167. The number of nitrogens with zero attached hydrogens (tertiary/aromatic N) is 3. The molecule has 0 fully saturated rings. The molecule has 0 radical (unpaired) electrons. The standard InChI is InChI=1S/C18H15ClN4O2S2/c1-9-11-7-15(27-17(11)23(2)22-9)16(24)21-18-20-13(8-26-18)10-4-5-14(25-3)12(19)6-10/h4-8H,1-3H3,(H,20,21,24). The summed E-state index contributed by atoms with van der Waals surface area (Å²) in [6, 6.07) is 7.34. The molecular formula is C18H15ClN4O2S2. The van der Waals surface area contributed by atoms with Crippen LogP contribution in [-0.2, 0) is 7.05 Å². The van der Waals surface area contributed by atoms with Crippen LogP contribution in [0.15, 0.2) is 29.6 Å². The molecule has 4 aromatic rings. The molecule has 0 saturated carbocycles. The summed E-state index contributed by atoms with van der Waals surface area (Å²) >= 11 is 8.96. The minimum absolute atomic E-state index is 0.177. The summed E-state index contributed by atoms with van der Waals surface area (Å²) in [5.74, 6) is 0.433. The molecule has 0 aliphatic carbocycles. The first-order chi connectivity index (χ1) is 13.0. The van der Waals surface area contributed by atoms with E-state index >= 15 is 0 Å². The second-order valence-electron chi connectivity index (χ2n) is 5.88. The highest BCUT2D eigenvalue weighted by Gasteiger charge is 2.16. The normalized spacial score (nSPS) is 11.1. The number of benzene rings is 1. The predicted molar refractivity (Wildman–Crippen MR) is 110 cm³/mol. The van der Waals surface area contributed by atoms with Crippen molar-refractivity contribution in [3.05, 3.63) is 45.2 Å². The third-order valence-corrected chi connectivity index (χ3v) is 6.35. The van der Waals surface area contributed by atoms with Gasteiger partial charge in [0, 0.05) is 23.4 Å². The van der Waals surface area contributed by atoms with Crippen molar-refractivity contribution in [2.45, 2.75) is 6.92 Å². The van der Waals surface area contributed by atoms with Crippen LogP contribution in [0.5, 0.6) is 5.75 Å². The molecule has 1 N–H and O–H groups in total. The van der Waals surface area contributed by atoms with Crippen LogP contribution in [0.25, 0.3) is 21.5 Å². The van der Waals surface area contributed by atoms with Crippen molar-refractivity contribution in [2.24, 2.45) is 7.05 Å². The second kappa shape index (κ2) is 6.95. The number of hydrogen-bond donors (Lipinski definition) is 1. The van der Waals surface area contributed by atoms with Crippen LogP contribution in [0, 0.1) is 6.92 Å². The Labute approximate surface area is 168 Å². The minimum atomic E-state index is -0.177. The van der Waals surface area contributed by atoms with Crippen molar-refractivity contribution >= 4 is 55.5 Å². The Bertz CT molecular complexity index is 1130. The van der Waals surface area contributed by atoms with Crippen LogP contribution in [0.3, 0.4) is 0 Å². The lowest BCUT2D eigenvalue weighted by Gasteiger charge is -2.04. The van der Waals surface area contributed by atoms with Gasteiger partial charge in [0.15, 0.2) is 5.13 Å². The van der Waals surface area contributed by atoms with Crippen molar-refractivity contribution < 1.29 is 9.53 Å². The van der Waals surface area contributed by atoms with Crippen LogP contribution in [0.2, 0.25) is 5.02 Å². The van der Waals surface area contributed by atoms with Crippen LogP contribution in [0.1, 0.15) is 15.4 Å². The van der Waals surface area contributed by atoms with Gasteiger partial charge >= 0.3 is 0 Å². The average Bonchev–Trinajstić information content (AvgIpc) is 3.33. The smallest absolute Gasteiger partial charge is 0.267 e. The fourth-order valence-electron chi connectivity index (χ4n) is 2.77. The van der Waals surface area contributed by atoms with Gasteiger partial charge in [-0.15, -0.1) is 22.7 Å².